The second-order valence-corrected chi connectivity index (χ2v) is 2.70. The molecule has 0 heterocycles. The first-order chi connectivity index (χ1) is 6.56. The smallest absolute Gasteiger partial charge is 0.488 e. The molecule has 0 atom stereocenters. The van der Waals surface area contributed by atoms with E-state index in [1.807, 2.05) is 0 Å². The number of primary amides is 1. The topological polar surface area (TPSA) is 92.8 Å². The van der Waals surface area contributed by atoms with Gasteiger partial charge in [0.2, 0.25) is 0 Å². The molecule has 5 nitrogen and oxygen atoms in total. The van der Waals surface area contributed by atoms with Gasteiger partial charge in [-0.1, -0.05) is 6.07 Å². The molecule has 1 amide bonds. The minimum absolute atomic E-state index is 0.205. The average molecular weight is 195 g/mol. The van der Waals surface area contributed by atoms with E-state index in [9.17, 15) is 4.79 Å². The molecule has 0 aromatic heterocycles. The molecule has 0 saturated carbocycles. The summed E-state index contributed by atoms with van der Waals surface area (Å²) in [7, 11) is -0.221. The van der Waals surface area contributed by atoms with Crippen molar-refractivity contribution < 1.29 is 19.6 Å². The van der Waals surface area contributed by atoms with E-state index in [0.717, 1.165) is 0 Å². The molecule has 0 bridgehead atoms. The molecule has 0 aliphatic rings. The van der Waals surface area contributed by atoms with Gasteiger partial charge in [-0.3, -0.25) is 4.79 Å². The molecule has 1 aromatic rings. The van der Waals surface area contributed by atoms with Crippen molar-refractivity contribution in [2.24, 2.45) is 5.73 Å². The van der Waals surface area contributed by atoms with Crippen molar-refractivity contribution in [1.29, 1.82) is 0 Å². The molecule has 0 aliphatic heterocycles. The minimum Gasteiger partial charge on any atom is -0.496 e. The summed E-state index contributed by atoms with van der Waals surface area (Å²) in [6.07, 6.45) is 0. The maximum absolute atomic E-state index is 10.9. The zero-order valence-corrected chi connectivity index (χ0v) is 7.60. The van der Waals surface area contributed by atoms with E-state index in [2.05, 4.69) is 0 Å². The maximum Gasteiger partial charge on any atom is 0.488 e. The lowest BCUT2D eigenvalue weighted by Gasteiger charge is -2.07. The van der Waals surface area contributed by atoms with Crippen LogP contribution >= 0.6 is 0 Å². The summed E-state index contributed by atoms with van der Waals surface area (Å²) in [4.78, 5) is 10.9. The molecule has 0 unspecified atom stereocenters. The summed E-state index contributed by atoms with van der Waals surface area (Å²) in [6.45, 7) is 0. The Morgan fingerprint density at radius 3 is 2.57 bits per heavy atom. The van der Waals surface area contributed by atoms with Crippen molar-refractivity contribution >= 4 is 18.5 Å². The van der Waals surface area contributed by atoms with Gasteiger partial charge in [0.15, 0.2) is 0 Å². The molecule has 0 spiro atoms. The molecule has 0 saturated heterocycles. The van der Waals surface area contributed by atoms with Gasteiger partial charge >= 0.3 is 7.12 Å². The van der Waals surface area contributed by atoms with Gasteiger partial charge in [0.1, 0.15) is 5.75 Å². The fourth-order valence-electron chi connectivity index (χ4n) is 1.07. The summed E-state index contributed by atoms with van der Waals surface area (Å²) in [5.74, 6) is -0.399. The van der Waals surface area contributed by atoms with E-state index < -0.39 is 13.0 Å². The number of carbonyl (C=O) groups is 1. The first kappa shape index (κ1) is 10.6. The summed E-state index contributed by atoms with van der Waals surface area (Å²) < 4.78 is 4.87. The normalized spacial score (nSPS) is 9.64. The Labute approximate surface area is 81.3 Å². The van der Waals surface area contributed by atoms with Crippen LogP contribution in [0, 0.1) is 0 Å². The number of hydrogen-bond acceptors (Lipinski definition) is 4. The minimum atomic E-state index is -1.59. The Morgan fingerprint density at radius 2 is 2.14 bits per heavy atom. The Kier molecular flexibility index (Phi) is 3.11. The van der Waals surface area contributed by atoms with Crippen LogP contribution in [-0.2, 0) is 0 Å². The monoisotopic (exact) mass is 195 g/mol. The van der Waals surface area contributed by atoms with Gasteiger partial charge in [-0.05, 0) is 17.6 Å². The van der Waals surface area contributed by atoms with Crippen LogP contribution in [-0.4, -0.2) is 30.2 Å². The van der Waals surface area contributed by atoms with E-state index in [-0.39, 0.29) is 16.8 Å². The van der Waals surface area contributed by atoms with Gasteiger partial charge in [0.05, 0.1) is 12.7 Å². The summed E-state index contributed by atoms with van der Waals surface area (Å²) in [5.41, 5.74) is 5.52. The third-order valence-corrected chi connectivity index (χ3v) is 1.79. The van der Waals surface area contributed by atoms with E-state index in [0.29, 0.717) is 0 Å². The lowest BCUT2D eigenvalue weighted by Crippen LogP contribution is -2.30. The lowest BCUT2D eigenvalue weighted by atomic mass is 9.80. The standard InChI is InChI=1S/C8H10BNO4/c1-14-7-4-5(9(12)13)2-3-6(7)8(10)11/h2-4,12-13H,1H3,(H2,10,11). The highest BCUT2D eigenvalue weighted by Crippen LogP contribution is 2.15. The number of ether oxygens (including phenoxy) is 1. The zero-order valence-electron chi connectivity index (χ0n) is 7.60. The predicted molar refractivity (Wildman–Crippen MR) is 51.3 cm³/mol. The number of methoxy groups -OCH3 is 1. The lowest BCUT2D eigenvalue weighted by molar-refractivity contribution is 0.0997. The Morgan fingerprint density at radius 1 is 1.50 bits per heavy atom. The number of nitrogens with two attached hydrogens (primary N) is 1. The van der Waals surface area contributed by atoms with E-state index in [1.165, 1.54) is 25.3 Å². The molecule has 0 radical (unpaired) electrons. The van der Waals surface area contributed by atoms with Crippen molar-refractivity contribution in [3.63, 3.8) is 0 Å². The Hall–Kier alpha value is -1.53. The first-order valence-electron chi connectivity index (χ1n) is 3.90. The van der Waals surface area contributed by atoms with Gasteiger partial charge in [-0.2, -0.15) is 0 Å². The maximum atomic E-state index is 10.9. The van der Waals surface area contributed by atoms with Crippen LogP contribution in [0.3, 0.4) is 0 Å². The van der Waals surface area contributed by atoms with Crippen molar-refractivity contribution in [2.75, 3.05) is 7.11 Å². The molecular formula is C8H10BNO4. The summed E-state index contributed by atoms with van der Waals surface area (Å²) in [5, 5.41) is 17.7. The van der Waals surface area contributed by atoms with Gasteiger partial charge in [0, 0.05) is 0 Å². The van der Waals surface area contributed by atoms with E-state index in [4.69, 9.17) is 20.5 Å². The van der Waals surface area contributed by atoms with Gasteiger partial charge < -0.3 is 20.5 Å². The summed E-state index contributed by atoms with van der Waals surface area (Å²) >= 11 is 0. The van der Waals surface area contributed by atoms with Crippen molar-refractivity contribution in [1.82, 2.24) is 0 Å². The molecule has 74 valence electrons. The summed E-state index contributed by atoms with van der Waals surface area (Å²) in [6, 6.07) is 4.13. The quantitative estimate of drug-likeness (QED) is 0.510. The van der Waals surface area contributed by atoms with E-state index in [1.54, 1.807) is 0 Å². The van der Waals surface area contributed by atoms with Crippen molar-refractivity contribution in [2.45, 2.75) is 0 Å². The SMILES string of the molecule is COc1cc(B(O)O)ccc1C(N)=O. The molecule has 0 aliphatic carbocycles. The van der Waals surface area contributed by atoms with Crippen molar-refractivity contribution in [3.05, 3.63) is 23.8 Å². The van der Waals surface area contributed by atoms with Crippen LogP contribution in [0.2, 0.25) is 0 Å². The second-order valence-electron chi connectivity index (χ2n) is 2.70. The molecule has 1 aromatic carbocycles. The molecule has 6 heteroatoms. The van der Waals surface area contributed by atoms with Crippen LogP contribution in [0.15, 0.2) is 18.2 Å². The zero-order chi connectivity index (χ0) is 10.7. The first-order valence-corrected chi connectivity index (χ1v) is 3.90. The van der Waals surface area contributed by atoms with Crippen LogP contribution in [0.1, 0.15) is 10.4 Å². The third-order valence-electron chi connectivity index (χ3n) is 1.79. The molecule has 0 fully saturated rings. The number of benzene rings is 1. The van der Waals surface area contributed by atoms with Crippen LogP contribution in [0.25, 0.3) is 0 Å². The molecule has 1 rings (SSSR count). The van der Waals surface area contributed by atoms with Crippen LogP contribution in [0.4, 0.5) is 0 Å². The highest BCUT2D eigenvalue weighted by Gasteiger charge is 2.15. The number of rotatable bonds is 3. The Balaban J connectivity index is 3.18. The van der Waals surface area contributed by atoms with Gasteiger partial charge in [-0.15, -0.1) is 0 Å². The number of amides is 1. The van der Waals surface area contributed by atoms with Gasteiger partial charge in [0.25, 0.3) is 5.91 Å². The fraction of sp³-hybridized carbons (Fsp3) is 0.125. The largest absolute Gasteiger partial charge is 0.496 e. The van der Waals surface area contributed by atoms with E-state index >= 15 is 0 Å². The highest BCUT2D eigenvalue weighted by atomic mass is 16.5. The average Bonchev–Trinajstić information content (AvgIpc) is 2.16. The van der Waals surface area contributed by atoms with Gasteiger partial charge in [-0.25, -0.2) is 0 Å². The third kappa shape index (κ3) is 2.04. The predicted octanol–water partition coefficient (Wildman–Crippen LogP) is -1.53. The molecule has 14 heavy (non-hydrogen) atoms. The number of hydrogen-bond donors (Lipinski definition) is 3. The Bertz CT molecular complexity index is 353. The highest BCUT2D eigenvalue weighted by molar-refractivity contribution is 6.58. The number of carbonyl (C=O) groups excluding carboxylic acids is 1. The van der Waals surface area contributed by atoms with Crippen molar-refractivity contribution in [3.8, 4) is 5.75 Å². The molecule has 4 N–H and O–H groups in total. The van der Waals surface area contributed by atoms with Crippen LogP contribution < -0.4 is 15.9 Å². The van der Waals surface area contributed by atoms with Crippen LogP contribution in [0.5, 0.6) is 5.75 Å². The fourth-order valence-corrected chi connectivity index (χ4v) is 1.07. The second kappa shape index (κ2) is 4.12. The molecular weight excluding hydrogens is 185 g/mol.